The largest absolute Gasteiger partial charge is 0.466 e. The van der Waals surface area contributed by atoms with Crippen LogP contribution in [-0.4, -0.2) is 42.0 Å². The minimum atomic E-state index is -0.648. The molecule has 1 heterocycles. The monoisotopic (exact) mass is 323 g/mol. The van der Waals surface area contributed by atoms with E-state index in [1.165, 1.54) is 19.3 Å². The second-order valence-corrected chi connectivity index (χ2v) is 5.18. The fraction of sp³-hybridized carbons (Fsp3) is 0.375. The SMILES string of the molecule is COC(=O)/C=C/C1O[C@H](c2ccccc2)[C@H](C)N1C(=O)CCl. The van der Waals surface area contributed by atoms with Crippen LogP contribution in [0.4, 0.5) is 0 Å². The lowest BCUT2D eigenvalue weighted by molar-refractivity contribution is -0.136. The maximum Gasteiger partial charge on any atom is 0.330 e. The van der Waals surface area contributed by atoms with E-state index in [4.69, 9.17) is 16.3 Å². The number of carbonyl (C=O) groups excluding carboxylic acids is 2. The summed E-state index contributed by atoms with van der Waals surface area (Å²) in [6, 6.07) is 9.43. The third-order valence-corrected chi connectivity index (χ3v) is 3.79. The lowest BCUT2D eigenvalue weighted by Gasteiger charge is -2.24. The van der Waals surface area contributed by atoms with Crippen LogP contribution >= 0.6 is 11.6 Å². The molecule has 22 heavy (non-hydrogen) atoms. The zero-order chi connectivity index (χ0) is 16.1. The molecule has 0 aliphatic carbocycles. The van der Waals surface area contributed by atoms with Crippen molar-refractivity contribution < 1.29 is 19.1 Å². The van der Waals surface area contributed by atoms with Crippen LogP contribution in [0.2, 0.25) is 0 Å². The molecule has 5 nitrogen and oxygen atoms in total. The van der Waals surface area contributed by atoms with Crippen LogP contribution in [0.5, 0.6) is 0 Å². The molecule has 1 aromatic rings. The molecule has 2 rings (SSSR count). The summed E-state index contributed by atoms with van der Waals surface area (Å²) in [7, 11) is 1.29. The fourth-order valence-electron chi connectivity index (χ4n) is 2.51. The van der Waals surface area contributed by atoms with E-state index in [-0.39, 0.29) is 23.9 Å². The highest BCUT2D eigenvalue weighted by atomic mass is 35.5. The summed E-state index contributed by atoms with van der Waals surface area (Å²) in [6.45, 7) is 1.90. The molecule has 1 saturated heterocycles. The van der Waals surface area contributed by atoms with Gasteiger partial charge in [-0.05, 0) is 18.6 Å². The van der Waals surface area contributed by atoms with Crippen LogP contribution in [0.3, 0.4) is 0 Å². The predicted molar refractivity (Wildman–Crippen MR) is 82.2 cm³/mol. The van der Waals surface area contributed by atoms with Crippen molar-refractivity contribution in [2.24, 2.45) is 0 Å². The molecule has 1 aliphatic heterocycles. The van der Waals surface area contributed by atoms with Gasteiger partial charge in [0.1, 0.15) is 12.0 Å². The molecule has 1 aliphatic rings. The van der Waals surface area contributed by atoms with Crippen molar-refractivity contribution in [1.29, 1.82) is 0 Å². The standard InChI is InChI=1S/C16H18ClNO4/c1-11-16(12-6-4-3-5-7-12)22-14(8-9-15(20)21-2)18(11)13(19)10-17/h3-9,11,14,16H,10H2,1-2H3/b9-8+/t11-,14?,16-/m0/s1. The highest BCUT2D eigenvalue weighted by Crippen LogP contribution is 2.35. The number of hydrogen-bond acceptors (Lipinski definition) is 4. The van der Waals surface area contributed by atoms with Crippen molar-refractivity contribution in [3.05, 3.63) is 48.0 Å². The fourth-order valence-corrected chi connectivity index (χ4v) is 2.65. The molecule has 1 unspecified atom stereocenters. The quantitative estimate of drug-likeness (QED) is 0.484. The normalized spacial score (nSPS) is 24.7. The second kappa shape index (κ2) is 7.42. The molecule has 1 fully saturated rings. The number of ether oxygens (including phenoxy) is 2. The van der Waals surface area contributed by atoms with Crippen molar-refractivity contribution in [2.75, 3.05) is 13.0 Å². The Morgan fingerprint density at radius 1 is 1.36 bits per heavy atom. The number of nitrogens with zero attached hydrogens (tertiary/aromatic N) is 1. The Balaban J connectivity index is 2.26. The predicted octanol–water partition coefficient (Wildman–Crippen LogP) is 2.27. The first-order valence-corrected chi connectivity index (χ1v) is 7.45. The van der Waals surface area contributed by atoms with Crippen LogP contribution < -0.4 is 0 Å². The molecular weight excluding hydrogens is 306 g/mol. The minimum absolute atomic E-state index is 0.141. The van der Waals surface area contributed by atoms with Crippen LogP contribution in [0, 0.1) is 0 Å². The molecule has 0 spiro atoms. The Morgan fingerprint density at radius 3 is 2.64 bits per heavy atom. The first kappa shape index (κ1) is 16.5. The smallest absolute Gasteiger partial charge is 0.330 e. The first-order chi connectivity index (χ1) is 10.6. The summed E-state index contributed by atoms with van der Waals surface area (Å²) in [5, 5.41) is 0. The van der Waals surface area contributed by atoms with E-state index < -0.39 is 12.2 Å². The van der Waals surface area contributed by atoms with Gasteiger partial charge in [0.2, 0.25) is 5.91 Å². The Labute approximate surface area is 134 Å². The van der Waals surface area contributed by atoms with Crippen LogP contribution in [0.25, 0.3) is 0 Å². The van der Waals surface area contributed by atoms with Crippen LogP contribution in [-0.2, 0) is 19.1 Å². The van der Waals surface area contributed by atoms with E-state index in [9.17, 15) is 9.59 Å². The van der Waals surface area contributed by atoms with E-state index in [0.717, 1.165) is 5.56 Å². The van der Waals surface area contributed by atoms with Gasteiger partial charge in [-0.25, -0.2) is 4.79 Å². The number of esters is 1. The number of benzene rings is 1. The van der Waals surface area contributed by atoms with Gasteiger partial charge in [-0.2, -0.15) is 0 Å². The van der Waals surface area contributed by atoms with E-state index in [1.807, 2.05) is 37.3 Å². The van der Waals surface area contributed by atoms with E-state index in [0.29, 0.717) is 0 Å². The maximum atomic E-state index is 12.1. The summed E-state index contributed by atoms with van der Waals surface area (Å²) < 4.78 is 10.5. The van der Waals surface area contributed by atoms with Crippen molar-refractivity contribution in [3.8, 4) is 0 Å². The summed E-state index contributed by atoms with van der Waals surface area (Å²) in [6.07, 6.45) is 1.83. The van der Waals surface area contributed by atoms with Gasteiger partial charge in [0, 0.05) is 6.08 Å². The molecule has 6 heteroatoms. The van der Waals surface area contributed by atoms with Crippen molar-refractivity contribution in [3.63, 3.8) is 0 Å². The van der Waals surface area contributed by atoms with E-state index in [2.05, 4.69) is 4.74 Å². The highest BCUT2D eigenvalue weighted by Gasteiger charge is 2.41. The van der Waals surface area contributed by atoms with Crippen molar-refractivity contribution in [2.45, 2.75) is 25.3 Å². The lowest BCUT2D eigenvalue weighted by atomic mass is 10.0. The molecule has 0 saturated carbocycles. The summed E-state index contributed by atoms with van der Waals surface area (Å²) in [5.74, 6) is -0.887. The number of hydrogen-bond donors (Lipinski definition) is 0. The lowest BCUT2D eigenvalue weighted by Crippen LogP contribution is -2.41. The number of rotatable bonds is 4. The zero-order valence-corrected chi connectivity index (χ0v) is 13.2. The number of halogens is 1. The molecule has 0 radical (unpaired) electrons. The zero-order valence-electron chi connectivity index (χ0n) is 12.4. The van der Waals surface area contributed by atoms with Gasteiger partial charge in [0.15, 0.2) is 6.23 Å². The maximum absolute atomic E-state index is 12.1. The summed E-state index contributed by atoms with van der Waals surface area (Å²) in [4.78, 5) is 24.9. The first-order valence-electron chi connectivity index (χ1n) is 6.92. The Kier molecular flexibility index (Phi) is 5.57. The second-order valence-electron chi connectivity index (χ2n) is 4.92. The topological polar surface area (TPSA) is 55.8 Å². The molecular formula is C16H18ClNO4. The number of carbonyl (C=O) groups is 2. The van der Waals surface area contributed by atoms with E-state index in [1.54, 1.807) is 4.90 Å². The summed E-state index contributed by atoms with van der Waals surface area (Å²) in [5.41, 5.74) is 0.969. The van der Waals surface area contributed by atoms with Crippen LogP contribution in [0.15, 0.2) is 42.5 Å². The van der Waals surface area contributed by atoms with Gasteiger partial charge in [-0.15, -0.1) is 11.6 Å². The van der Waals surface area contributed by atoms with Gasteiger partial charge < -0.3 is 14.4 Å². The molecule has 0 bridgehead atoms. The van der Waals surface area contributed by atoms with Crippen molar-refractivity contribution in [1.82, 2.24) is 4.90 Å². The van der Waals surface area contributed by atoms with Gasteiger partial charge >= 0.3 is 5.97 Å². The Hall–Kier alpha value is -1.85. The molecule has 1 amide bonds. The molecule has 0 aromatic heterocycles. The van der Waals surface area contributed by atoms with Gasteiger partial charge in [-0.3, -0.25) is 4.79 Å². The molecule has 3 atom stereocenters. The number of methoxy groups -OCH3 is 1. The van der Waals surface area contributed by atoms with Gasteiger partial charge in [0.25, 0.3) is 0 Å². The number of amides is 1. The molecule has 1 aromatic carbocycles. The minimum Gasteiger partial charge on any atom is -0.466 e. The molecule has 0 N–H and O–H groups in total. The summed E-state index contributed by atoms with van der Waals surface area (Å²) >= 11 is 5.68. The highest BCUT2D eigenvalue weighted by molar-refractivity contribution is 6.27. The Bertz CT molecular complexity index is 561. The van der Waals surface area contributed by atoms with E-state index >= 15 is 0 Å². The number of alkyl halides is 1. The van der Waals surface area contributed by atoms with Crippen LogP contribution in [0.1, 0.15) is 18.6 Å². The van der Waals surface area contributed by atoms with Gasteiger partial charge in [0.05, 0.1) is 13.2 Å². The Morgan fingerprint density at radius 2 is 2.05 bits per heavy atom. The van der Waals surface area contributed by atoms with Crippen molar-refractivity contribution >= 4 is 23.5 Å². The molecule has 118 valence electrons. The van der Waals surface area contributed by atoms with Gasteiger partial charge in [-0.1, -0.05) is 30.3 Å². The average molecular weight is 324 g/mol. The third kappa shape index (κ3) is 3.48. The third-order valence-electron chi connectivity index (χ3n) is 3.57. The average Bonchev–Trinajstić information content (AvgIpc) is 2.89.